The number of nitrogen functional groups attached to an aromatic ring is 1. The van der Waals surface area contributed by atoms with Gasteiger partial charge in [-0.05, 0) is 19.1 Å². The number of rotatable bonds is 4. The van der Waals surface area contributed by atoms with E-state index in [0.29, 0.717) is 12.1 Å². The minimum Gasteiger partial charge on any atom is -0.352 e. The lowest BCUT2D eigenvalue weighted by Gasteiger charge is -2.05. The topological polar surface area (TPSA) is 110 Å². The van der Waals surface area contributed by atoms with Gasteiger partial charge in [-0.1, -0.05) is 0 Å². The molecule has 1 aromatic carbocycles. The highest BCUT2D eigenvalue weighted by atomic mass is 16.6. The molecule has 0 aliphatic carbocycles. The number of hydrogen-bond donors (Lipinski definition) is 3. The zero-order valence-electron chi connectivity index (χ0n) is 8.69. The molecule has 0 aliphatic heterocycles. The van der Waals surface area contributed by atoms with E-state index in [9.17, 15) is 14.9 Å². The summed E-state index contributed by atoms with van der Waals surface area (Å²) >= 11 is 0. The summed E-state index contributed by atoms with van der Waals surface area (Å²) in [4.78, 5) is 21.5. The number of hydrazine groups is 1. The fourth-order valence-corrected chi connectivity index (χ4v) is 1.21. The monoisotopic (exact) mass is 224 g/mol. The van der Waals surface area contributed by atoms with E-state index in [1.54, 1.807) is 6.92 Å². The van der Waals surface area contributed by atoms with Gasteiger partial charge in [0.25, 0.3) is 11.6 Å². The van der Waals surface area contributed by atoms with Gasteiger partial charge < -0.3 is 10.7 Å². The molecular formula is C9H12N4O3. The van der Waals surface area contributed by atoms with Gasteiger partial charge in [0.1, 0.15) is 5.69 Å². The first-order valence-electron chi connectivity index (χ1n) is 4.63. The van der Waals surface area contributed by atoms with Gasteiger partial charge >= 0.3 is 0 Å². The molecule has 7 heteroatoms. The molecule has 0 atom stereocenters. The molecule has 0 aromatic heterocycles. The SMILES string of the molecule is CCNC(=O)c1ccc([N+](=O)[O-])c(NN)c1. The molecule has 16 heavy (non-hydrogen) atoms. The summed E-state index contributed by atoms with van der Waals surface area (Å²) in [5.74, 6) is 4.85. The van der Waals surface area contributed by atoms with Crippen molar-refractivity contribution in [3.05, 3.63) is 33.9 Å². The summed E-state index contributed by atoms with van der Waals surface area (Å²) in [6.07, 6.45) is 0. The van der Waals surface area contributed by atoms with Crippen molar-refractivity contribution >= 4 is 17.3 Å². The van der Waals surface area contributed by atoms with Crippen molar-refractivity contribution in [3.63, 3.8) is 0 Å². The maximum atomic E-state index is 11.4. The third-order valence-electron chi connectivity index (χ3n) is 1.95. The van der Waals surface area contributed by atoms with Crippen molar-refractivity contribution in [3.8, 4) is 0 Å². The lowest BCUT2D eigenvalue weighted by atomic mass is 10.1. The average molecular weight is 224 g/mol. The van der Waals surface area contributed by atoms with Crippen LogP contribution in [-0.2, 0) is 0 Å². The Kier molecular flexibility index (Phi) is 3.78. The number of nitrogens with one attached hydrogen (secondary N) is 2. The van der Waals surface area contributed by atoms with Gasteiger partial charge in [-0.15, -0.1) is 0 Å². The standard InChI is InChI=1S/C9H12N4O3/c1-2-11-9(14)6-3-4-8(13(15)16)7(5-6)12-10/h3-5,12H,2,10H2,1H3,(H,11,14). The number of hydrogen-bond acceptors (Lipinski definition) is 5. The number of nitro benzene ring substituents is 1. The molecule has 0 bridgehead atoms. The number of nitrogens with zero attached hydrogens (tertiary/aromatic N) is 1. The van der Waals surface area contributed by atoms with E-state index in [2.05, 4.69) is 10.7 Å². The molecule has 0 fully saturated rings. The Labute approximate surface area is 91.8 Å². The molecular weight excluding hydrogens is 212 g/mol. The fraction of sp³-hybridized carbons (Fsp3) is 0.222. The van der Waals surface area contributed by atoms with Crippen LogP contribution in [0, 0.1) is 10.1 Å². The Morgan fingerprint density at radius 3 is 2.75 bits per heavy atom. The highest BCUT2D eigenvalue weighted by Gasteiger charge is 2.15. The number of benzene rings is 1. The third-order valence-corrected chi connectivity index (χ3v) is 1.95. The highest BCUT2D eigenvalue weighted by Crippen LogP contribution is 2.24. The van der Waals surface area contributed by atoms with Crippen LogP contribution in [0.1, 0.15) is 17.3 Å². The van der Waals surface area contributed by atoms with Gasteiger partial charge in [0.15, 0.2) is 0 Å². The molecule has 86 valence electrons. The Morgan fingerprint density at radius 2 is 2.25 bits per heavy atom. The lowest BCUT2D eigenvalue weighted by Crippen LogP contribution is -2.23. The number of carbonyl (C=O) groups excluding carboxylic acids is 1. The molecule has 0 unspecified atom stereocenters. The van der Waals surface area contributed by atoms with E-state index in [-0.39, 0.29) is 17.3 Å². The first-order chi connectivity index (χ1) is 7.60. The number of carbonyl (C=O) groups is 1. The van der Waals surface area contributed by atoms with Crippen LogP contribution in [0.4, 0.5) is 11.4 Å². The van der Waals surface area contributed by atoms with Gasteiger partial charge in [-0.3, -0.25) is 20.8 Å². The van der Waals surface area contributed by atoms with E-state index < -0.39 is 4.92 Å². The zero-order chi connectivity index (χ0) is 12.1. The number of amides is 1. The molecule has 0 saturated carbocycles. The van der Waals surface area contributed by atoms with Crippen LogP contribution in [-0.4, -0.2) is 17.4 Å². The second-order valence-electron chi connectivity index (χ2n) is 2.99. The van der Waals surface area contributed by atoms with E-state index >= 15 is 0 Å². The Balaban J connectivity index is 3.08. The Bertz CT molecular complexity index is 419. The largest absolute Gasteiger partial charge is 0.352 e. The summed E-state index contributed by atoms with van der Waals surface area (Å²) in [6.45, 7) is 2.27. The molecule has 0 heterocycles. The normalized spacial score (nSPS) is 9.62. The van der Waals surface area contributed by atoms with Crippen molar-refractivity contribution in [1.29, 1.82) is 0 Å². The fourth-order valence-electron chi connectivity index (χ4n) is 1.21. The van der Waals surface area contributed by atoms with Crippen molar-refractivity contribution in [2.75, 3.05) is 12.0 Å². The van der Waals surface area contributed by atoms with Crippen LogP contribution in [0.3, 0.4) is 0 Å². The van der Waals surface area contributed by atoms with Crippen LogP contribution in [0.2, 0.25) is 0 Å². The molecule has 1 amide bonds. The van der Waals surface area contributed by atoms with Crippen LogP contribution in [0.25, 0.3) is 0 Å². The molecule has 1 aromatic rings. The second kappa shape index (κ2) is 5.08. The van der Waals surface area contributed by atoms with Gasteiger partial charge in [0, 0.05) is 18.2 Å². The number of nitrogens with two attached hydrogens (primary N) is 1. The maximum Gasteiger partial charge on any atom is 0.293 e. The molecule has 0 radical (unpaired) electrons. The summed E-state index contributed by atoms with van der Waals surface area (Å²) in [6, 6.07) is 3.95. The summed E-state index contributed by atoms with van der Waals surface area (Å²) in [5, 5.41) is 13.2. The van der Waals surface area contributed by atoms with Crippen molar-refractivity contribution < 1.29 is 9.72 Å². The summed E-state index contributed by atoms with van der Waals surface area (Å²) in [7, 11) is 0. The van der Waals surface area contributed by atoms with E-state index in [1.807, 2.05) is 0 Å². The predicted molar refractivity (Wildman–Crippen MR) is 58.9 cm³/mol. The molecule has 0 aliphatic rings. The summed E-state index contributed by atoms with van der Waals surface area (Å²) in [5.41, 5.74) is 2.45. The van der Waals surface area contributed by atoms with Gasteiger partial charge in [0.05, 0.1) is 4.92 Å². The maximum absolute atomic E-state index is 11.4. The highest BCUT2D eigenvalue weighted by molar-refractivity contribution is 5.95. The Morgan fingerprint density at radius 1 is 1.56 bits per heavy atom. The minimum absolute atomic E-state index is 0.105. The van der Waals surface area contributed by atoms with Gasteiger partial charge in [0.2, 0.25) is 0 Å². The van der Waals surface area contributed by atoms with Gasteiger partial charge in [-0.25, -0.2) is 0 Å². The molecule has 1 rings (SSSR count). The van der Waals surface area contributed by atoms with Crippen molar-refractivity contribution in [1.82, 2.24) is 5.32 Å². The minimum atomic E-state index is -0.573. The number of anilines is 1. The second-order valence-corrected chi connectivity index (χ2v) is 2.99. The first kappa shape index (κ1) is 11.9. The smallest absolute Gasteiger partial charge is 0.293 e. The van der Waals surface area contributed by atoms with E-state index in [0.717, 1.165) is 0 Å². The lowest BCUT2D eigenvalue weighted by molar-refractivity contribution is -0.384. The van der Waals surface area contributed by atoms with Crippen LogP contribution in [0.15, 0.2) is 18.2 Å². The van der Waals surface area contributed by atoms with Crippen LogP contribution < -0.4 is 16.6 Å². The molecule has 0 saturated heterocycles. The van der Waals surface area contributed by atoms with Crippen molar-refractivity contribution in [2.24, 2.45) is 5.84 Å². The third kappa shape index (κ3) is 2.45. The molecule has 7 nitrogen and oxygen atoms in total. The van der Waals surface area contributed by atoms with Gasteiger partial charge in [-0.2, -0.15) is 0 Å². The van der Waals surface area contributed by atoms with Crippen LogP contribution in [0.5, 0.6) is 0 Å². The molecule has 0 spiro atoms. The number of nitro groups is 1. The van der Waals surface area contributed by atoms with E-state index in [1.165, 1.54) is 18.2 Å². The quantitative estimate of drug-likeness (QED) is 0.394. The van der Waals surface area contributed by atoms with Crippen molar-refractivity contribution in [2.45, 2.75) is 6.92 Å². The van der Waals surface area contributed by atoms with E-state index in [4.69, 9.17) is 5.84 Å². The molecule has 4 N–H and O–H groups in total. The zero-order valence-corrected chi connectivity index (χ0v) is 8.69. The average Bonchev–Trinajstić information content (AvgIpc) is 2.28. The first-order valence-corrected chi connectivity index (χ1v) is 4.63. The summed E-state index contributed by atoms with van der Waals surface area (Å²) < 4.78 is 0. The predicted octanol–water partition coefficient (Wildman–Crippen LogP) is 0.630. The Hall–Kier alpha value is -2.15. The van der Waals surface area contributed by atoms with Crippen LogP contribution >= 0.6 is 0 Å².